The van der Waals surface area contributed by atoms with Crippen molar-refractivity contribution in [1.82, 2.24) is 0 Å². The van der Waals surface area contributed by atoms with Crippen molar-refractivity contribution >= 4 is 29.3 Å². The molecule has 1 amide bonds. The number of amides is 1. The van der Waals surface area contributed by atoms with Crippen LogP contribution in [0, 0.1) is 24.5 Å². The molecule has 2 rings (SSSR count). The van der Waals surface area contributed by atoms with Gasteiger partial charge in [-0.15, -0.1) is 0 Å². The largest absolute Gasteiger partial charge is 0.482 e. The van der Waals surface area contributed by atoms with Gasteiger partial charge in [0.05, 0.1) is 0 Å². The lowest BCUT2D eigenvalue weighted by molar-refractivity contribution is -0.149. The van der Waals surface area contributed by atoms with Gasteiger partial charge in [0.25, 0.3) is 5.91 Å². The number of benzene rings is 2. The van der Waals surface area contributed by atoms with Gasteiger partial charge in [-0.05, 0) is 67.1 Å². The minimum atomic E-state index is -0.626. The van der Waals surface area contributed by atoms with Crippen LogP contribution in [0.1, 0.15) is 11.1 Å². The van der Waals surface area contributed by atoms with Crippen LogP contribution in [0.25, 0.3) is 0 Å². The van der Waals surface area contributed by atoms with E-state index in [1.807, 2.05) is 31.4 Å². The first-order valence-corrected chi connectivity index (χ1v) is 8.61. The standard InChI is InChI=1S/C19H18N2O4S/c1-13-4-3-5-15(8-13)24-11-19(23)25-10-18(22)21-17-7-6-16(26-12-20)9-14(17)2/h3-9H,10-11H2,1-2H3,(H,21,22). The zero-order valence-corrected chi connectivity index (χ0v) is 15.3. The smallest absolute Gasteiger partial charge is 0.344 e. The van der Waals surface area contributed by atoms with Gasteiger partial charge in [0.2, 0.25) is 0 Å². The predicted molar refractivity (Wildman–Crippen MR) is 98.9 cm³/mol. The Morgan fingerprint density at radius 3 is 2.65 bits per heavy atom. The predicted octanol–water partition coefficient (Wildman–Crippen LogP) is 3.44. The molecule has 134 valence electrons. The van der Waals surface area contributed by atoms with Crippen molar-refractivity contribution in [1.29, 1.82) is 5.26 Å². The first kappa shape index (κ1) is 19.3. The van der Waals surface area contributed by atoms with Gasteiger partial charge in [-0.1, -0.05) is 12.1 Å². The van der Waals surface area contributed by atoms with Crippen molar-refractivity contribution < 1.29 is 19.1 Å². The number of nitrogens with one attached hydrogen (secondary N) is 1. The van der Waals surface area contributed by atoms with Gasteiger partial charge < -0.3 is 14.8 Å². The molecule has 0 aliphatic rings. The maximum Gasteiger partial charge on any atom is 0.344 e. The molecule has 0 aliphatic carbocycles. The molecular weight excluding hydrogens is 352 g/mol. The Kier molecular flexibility index (Phi) is 7.06. The highest BCUT2D eigenvalue weighted by Gasteiger charge is 2.10. The summed E-state index contributed by atoms with van der Waals surface area (Å²) in [7, 11) is 0. The van der Waals surface area contributed by atoms with E-state index in [0.29, 0.717) is 11.4 Å². The number of nitriles is 1. The SMILES string of the molecule is Cc1cccc(OCC(=O)OCC(=O)Nc2ccc(SC#N)cc2C)c1. The third kappa shape index (κ3) is 6.15. The van der Waals surface area contributed by atoms with Gasteiger partial charge in [0.15, 0.2) is 13.2 Å². The lowest BCUT2D eigenvalue weighted by Crippen LogP contribution is -2.24. The van der Waals surface area contributed by atoms with Gasteiger partial charge >= 0.3 is 5.97 Å². The highest BCUT2D eigenvalue weighted by Crippen LogP contribution is 2.23. The summed E-state index contributed by atoms with van der Waals surface area (Å²) >= 11 is 1.05. The minimum absolute atomic E-state index is 0.268. The number of hydrogen-bond donors (Lipinski definition) is 1. The summed E-state index contributed by atoms with van der Waals surface area (Å²) in [6.07, 6.45) is 0. The van der Waals surface area contributed by atoms with Crippen LogP contribution in [0.5, 0.6) is 5.75 Å². The maximum atomic E-state index is 11.9. The van der Waals surface area contributed by atoms with Crippen LogP contribution in [0.2, 0.25) is 0 Å². The molecule has 0 atom stereocenters. The van der Waals surface area contributed by atoms with Gasteiger partial charge in [-0.25, -0.2) is 4.79 Å². The average molecular weight is 370 g/mol. The fourth-order valence-electron chi connectivity index (χ4n) is 2.11. The number of nitrogens with zero attached hydrogens (tertiary/aromatic N) is 1. The molecule has 0 aromatic heterocycles. The zero-order valence-electron chi connectivity index (χ0n) is 14.4. The van der Waals surface area contributed by atoms with Crippen molar-refractivity contribution in [3.05, 3.63) is 53.6 Å². The minimum Gasteiger partial charge on any atom is -0.482 e. The van der Waals surface area contributed by atoms with E-state index in [1.54, 1.807) is 30.3 Å². The highest BCUT2D eigenvalue weighted by atomic mass is 32.2. The molecule has 1 N–H and O–H groups in total. The van der Waals surface area contributed by atoms with E-state index < -0.39 is 18.5 Å². The molecule has 0 aliphatic heterocycles. The average Bonchev–Trinajstić information content (AvgIpc) is 2.61. The van der Waals surface area contributed by atoms with Crippen molar-refractivity contribution in [2.24, 2.45) is 0 Å². The Hall–Kier alpha value is -2.98. The molecular formula is C19H18N2O4S. The Morgan fingerprint density at radius 2 is 1.96 bits per heavy atom. The molecule has 0 fully saturated rings. The van der Waals surface area contributed by atoms with Crippen molar-refractivity contribution in [3.63, 3.8) is 0 Å². The molecule has 0 radical (unpaired) electrons. The number of esters is 1. The molecule has 26 heavy (non-hydrogen) atoms. The van der Waals surface area contributed by atoms with Crippen LogP contribution in [0.4, 0.5) is 5.69 Å². The number of ether oxygens (including phenoxy) is 2. The fourth-order valence-corrected chi connectivity index (χ4v) is 2.59. The molecule has 0 saturated carbocycles. The lowest BCUT2D eigenvalue weighted by atomic mass is 10.2. The Labute approximate surface area is 156 Å². The maximum absolute atomic E-state index is 11.9. The second kappa shape index (κ2) is 9.49. The van der Waals surface area contributed by atoms with Gasteiger partial charge in [0, 0.05) is 10.6 Å². The summed E-state index contributed by atoms with van der Waals surface area (Å²) in [4.78, 5) is 24.4. The Balaban J connectivity index is 1.77. The normalized spacial score (nSPS) is 9.88. The molecule has 7 heteroatoms. The number of aryl methyl sites for hydroxylation is 2. The Morgan fingerprint density at radius 1 is 1.15 bits per heavy atom. The zero-order chi connectivity index (χ0) is 18.9. The third-order valence-electron chi connectivity index (χ3n) is 3.35. The number of anilines is 1. The highest BCUT2D eigenvalue weighted by molar-refractivity contribution is 8.03. The van der Waals surface area contributed by atoms with Gasteiger partial charge in [0.1, 0.15) is 11.2 Å². The quantitative estimate of drug-likeness (QED) is 0.456. The molecule has 0 saturated heterocycles. The van der Waals surface area contributed by atoms with Gasteiger partial charge in [-0.2, -0.15) is 5.26 Å². The molecule has 0 bridgehead atoms. The van der Waals surface area contributed by atoms with Gasteiger partial charge in [-0.3, -0.25) is 4.79 Å². The lowest BCUT2D eigenvalue weighted by Gasteiger charge is -2.10. The monoisotopic (exact) mass is 370 g/mol. The van der Waals surface area contributed by atoms with E-state index in [1.165, 1.54) is 0 Å². The summed E-state index contributed by atoms with van der Waals surface area (Å²) in [6.45, 7) is 3.07. The summed E-state index contributed by atoms with van der Waals surface area (Å²) < 4.78 is 10.2. The Bertz CT molecular complexity index is 846. The number of rotatable bonds is 7. The van der Waals surface area contributed by atoms with E-state index >= 15 is 0 Å². The van der Waals surface area contributed by atoms with Crippen LogP contribution < -0.4 is 10.1 Å². The van der Waals surface area contributed by atoms with Crippen molar-refractivity contribution in [3.8, 4) is 11.2 Å². The number of thioether (sulfide) groups is 1. The second-order valence-electron chi connectivity index (χ2n) is 5.48. The number of carbonyl (C=O) groups excluding carboxylic acids is 2. The number of hydrogen-bond acceptors (Lipinski definition) is 6. The van der Waals surface area contributed by atoms with Crippen LogP contribution >= 0.6 is 11.8 Å². The van der Waals surface area contributed by atoms with E-state index in [0.717, 1.165) is 27.8 Å². The molecule has 0 heterocycles. The van der Waals surface area contributed by atoms with Crippen molar-refractivity contribution in [2.75, 3.05) is 18.5 Å². The molecule has 2 aromatic rings. The van der Waals surface area contributed by atoms with E-state index in [9.17, 15) is 9.59 Å². The van der Waals surface area contributed by atoms with E-state index in [-0.39, 0.29) is 6.61 Å². The number of thiocyanates is 1. The molecule has 0 unspecified atom stereocenters. The first-order valence-electron chi connectivity index (χ1n) is 7.79. The second-order valence-corrected chi connectivity index (χ2v) is 6.34. The topological polar surface area (TPSA) is 88.4 Å². The van der Waals surface area contributed by atoms with Crippen LogP contribution in [0.3, 0.4) is 0 Å². The molecule has 0 spiro atoms. The third-order valence-corrected chi connectivity index (χ3v) is 3.93. The number of carbonyl (C=O) groups is 2. The van der Waals surface area contributed by atoms with E-state index in [4.69, 9.17) is 14.7 Å². The summed E-state index contributed by atoms with van der Waals surface area (Å²) in [5.74, 6) is -0.505. The molecule has 2 aromatic carbocycles. The fraction of sp³-hybridized carbons (Fsp3) is 0.211. The van der Waals surface area contributed by atoms with Crippen molar-refractivity contribution in [2.45, 2.75) is 18.7 Å². The van der Waals surface area contributed by atoms with Crippen LogP contribution in [-0.2, 0) is 14.3 Å². The first-order chi connectivity index (χ1) is 12.5. The van der Waals surface area contributed by atoms with E-state index in [2.05, 4.69) is 5.32 Å². The van der Waals surface area contributed by atoms with Crippen LogP contribution in [-0.4, -0.2) is 25.1 Å². The summed E-state index contributed by atoms with van der Waals surface area (Å²) in [5.41, 5.74) is 2.43. The summed E-state index contributed by atoms with van der Waals surface area (Å²) in [5, 5.41) is 13.3. The summed E-state index contributed by atoms with van der Waals surface area (Å²) in [6, 6.07) is 12.5. The van der Waals surface area contributed by atoms with Crippen LogP contribution in [0.15, 0.2) is 47.4 Å². The molecule has 6 nitrogen and oxygen atoms in total.